The predicted molar refractivity (Wildman–Crippen MR) is 39.0 cm³/mol. The Hall–Kier alpha value is 0.804. The van der Waals surface area contributed by atoms with Gasteiger partial charge in [0.25, 0.3) is 0 Å². The van der Waals surface area contributed by atoms with E-state index >= 15 is 0 Å². The first kappa shape index (κ1) is 13.4. The fraction of sp³-hybridized carbons (Fsp3) is 0.750. The molecule has 1 N–H and O–H groups in total. The van der Waals surface area contributed by atoms with Gasteiger partial charge in [-0.15, -0.1) is 0 Å². The fourth-order valence-corrected chi connectivity index (χ4v) is 0.657. The van der Waals surface area contributed by atoms with Crippen LogP contribution in [0.5, 0.6) is 0 Å². The third-order valence-corrected chi connectivity index (χ3v) is 1.35. The van der Waals surface area contributed by atoms with Gasteiger partial charge in [-0.25, -0.2) is 0 Å². The summed E-state index contributed by atoms with van der Waals surface area (Å²) < 4.78 is 0. The van der Waals surface area contributed by atoms with Crippen LogP contribution >= 0.6 is 0 Å². The summed E-state index contributed by atoms with van der Waals surface area (Å²) >= 11 is 0. The summed E-state index contributed by atoms with van der Waals surface area (Å²) in [6.45, 7) is 4.33. The molecule has 0 aliphatic carbocycles. The molecule has 0 unspecified atom stereocenters. The van der Waals surface area contributed by atoms with Crippen molar-refractivity contribution in [1.82, 2.24) is 0 Å². The van der Waals surface area contributed by atoms with Gasteiger partial charge in [0.15, 0.2) is 0 Å². The largest absolute Gasteiger partial charge is 0.504 e. The Morgan fingerprint density at radius 1 is 1.60 bits per heavy atom. The summed E-state index contributed by atoms with van der Waals surface area (Å²) in [6, 6.07) is 0. The normalized spacial score (nSPS) is 13.1. The zero-order valence-corrected chi connectivity index (χ0v) is 9.64. The van der Waals surface area contributed by atoms with Crippen LogP contribution < -0.4 is 0 Å². The Kier molecular flexibility index (Phi) is 13.1. The first-order chi connectivity index (χ1) is 4.31. The summed E-state index contributed by atoms with van der Waals surface area (Å²) in [7, 11) is 0. The molecule has 0 heterocycles. The molecule has 1 nitrogen and oxygen atoms in total. The first-order valence-corrected chi connectivity index (χ1v) is 3.41. The van der Waals surface area contributed by atoms with Crippen molar-refractivity contribution in [3.8, 4) is 0 Å². The van der Waals surface area contributed by atoms with E-state index in [4.69, 9.17) is 5.11 Å². The molecule has 1 atom stereocenters. The minimum absolute atomic E-state index is 0. The Morgan fingerprint density at radius 3 is 2.60 bits per heavy atom. The Balaban J connectivity index is 0. The maximum Gasteiger partial charge on any atom is 0.0433 e. The first-order valence-electron chi connectivity index (χ1n) is 3.41. The minimum Gasteiger partial charge on any atom is -0.504 e. The van der Waals surface area contributed by atoms with E-state index in [0.29, 0.717) is 12.5 Å². The number of aliphatic hydroxyl groups is 1. The van der Waals surface area contributed by atoms with Crippen LogP contribution in [0, 0.1) is 12.0 Å². The van der Waals surface area contributed by atoms with Gasteiger partial charge in [-0.05, 0) is 12.3 Å². The van der Waals surface area contributed by atoms with Crippen LogP contribution in [-0.2, 0) is 32.7 Å². The van der Waals surface area contributed by atoms with Gasteiger partial charge in [0.2, 0.25) is 0 Å². The molecule has 0 saturated carbocycles. The Morgan fingerprint density at radius 2 is 2.20 bits per heavy atom. The summed E-state index contributed by atoms with van der Waals surface area (Å²) in [5, 5.41) is 8.50. The van der Waals surface area contributed by atoms with E-state index in [1.54, 1.807) is 0 Å². The molecule has 2 heteroatoms. The number of hydrogen-bond donors (Lipinski definition) is 1. The van der Waals surface area contributed by atoms with Gasteiger partial charge in [0.05, 0.1) is 0 Å². The molecule has 0 amide bonds. The van der Waals surface area contributed by atoms with Crippen LogP contribution in [0.15, 0.2) is 6.08 Å². The van der Waals surface area contributed by atoms with Crippen molar-refractivity contribution in [2.24, 2.45) is 5.92 Å². The van der Waals surface area contributed by atoms with Crippen LogP contribution in [-0.4, -0.2) is 11.7 Å². The maximum atomic E-state index is 8.50. The molecular weight excluding hydrogens is 201 g/mol. The zero-order chi connectivity index (χ0) is 7.11. The summed E-state index contributed by atoms with van der Waals surface area (Å²) in [5.74, 6) is 0.599. The van der Waals surface area contributed by atoms with Crippen LogP contribution in [0.2, 0.25) is 0 Å². The van der Waals surface area contributed by atoms with Gasteiger partial charge in [0.1, 0.15) is 0 Å². The predicted octanol–water partition coefficient (Wildman–Crippen LogP) is 1.77. The second-order valence-electron chi connectivity index (χ2n) is 2.35. The zero-order valence-electron chi connectivity index (χ0n) is 6.80. The van der Waals surface area contributed by atoms with Gasteiger partial charge in [-0.1, -0.05) is 13.3 Å². The molecule has 0 aromatic rings. The molecule has 0 saturated heterocycles. The molecule has 57 valence electrons. The molecule has 0 fully saturated rings. The van der Waals surface area contributed by atoms with E-state index in [0.717, 1.165) is 12.8 Å². The van der Waals surface area contributed by atoms with Crippen molar-refractivity contribution >= 4 is 0 Å². The monoisotopic (exact) mass is 216 g/mol. The van der Waals surface area contributed by atoms with Crippen molar-refractivity contribution in [3.63, 3.8) is 0 Å². The second-order valence-corrected chi connectivity index (χ2v) is 2.35. The van der Waals surface area contributed by atoms with Gasteiger partial charge in [-0.3, -0.25) is 6.08 Å². The van der Waals surface area contributed by atoms with Crippen molar-refractivity contribution in [2.45, 2.75) is 26.7 Å². The van der Waals surface area contributed by atoms with Gasteiger partial charge >= 0.3 is 0 Å². The van der Waals surface area contributed by atoms with E-state index in [2.05, 4.69) is 13.0 Å². The van der Waals surface area contributed by atoms with Crippen molar-refractivity contribution < 1.29 is 37.8 Å². The van der Waals surface area contributed by atoms with Crippen molar-refractivity contribution in [1.29, 1.82) is 0 Å². The van der Waals surface area contributed by atoms with Gasteiger partial charge in [-0.2, -0.15) is 6.92 Å². The average Bonchev–Trinajstić information content (AvgIpc) is 1.85. The molecular formula is C8H15OY-. The molecule has 1 radical (unpaired) electrons. The third-order valence-electron chi connectivity index (χ3n) is 1.35. The van der Waals surface area contributed by atoms with E-state index in [-0.39, 0.29) is 32.7 Å². The number of aliphatic hydroxyl groups excluding tert-OH is 1. The topological polar surface area (TPSA) is 20.2 Å². The van der Waals surface area contributed by atoms with Gasteiger partial charge < -0.3 is 11.2 Å². The van der Waals surface area contributed by atoms with E-state index in [1.807, 2.05) is 13.0 Å². The number of hydrogen-bond acceptors (Lipinski definition) is 1. The second kappa shape index (κ2) is 9.80. The molecule has 0 rings (SSSR count). The maximum absolute atomic E-state index is 8.50. The SMILES string of the molecule is C[C-]=CC[C@H](C)CCO.[Y]. The van der Waals surface area contributed by atoms with Crippen LogP contribution in [0.1, 0.15) is 26.7 Å². The molecule has 0 spiro atoms. The Bertz CT molecular complexity index is 81.3. The summed E-state index contributed by atoms with van der Waals surface area (Å²) in [6.07, 6.45) is 6.90. The summed E-state index contributed by atoms with van der Waals surface area (Å²) in [5.41, 5.74) is 0. The smallest absolute Gasteiger partial charge is 0.0433 e. The van der Waals surface area contributed by atoms with Crippen molar-refractivity contribution in [2.75, 3.05) is 6.61 Å². The van der Waals surface area contributed by atoms with E-state index in [9.17, 15) is 0 Å². The Labute approximate surface area is 88.8 Å². The molecule has 10 heavy (non-hydrogen) atoms. The van der Waals surface area contributed by atoms with Crippen molar-refractivity contribution in [3.05, 3.63) is 12.2 Å². The molecule has 0 bridgehead atoms. The third kappa shape index (κ3) is 8.80. The quantitative estimate of drug-likeness (QED) is 0.710. The molecule has 0 aromatic heterocycles. The number of rotatable bonds is 4. The van der Waals surface area contributed by atoms with Crippen LogP contribution in [0.25, 0.3) is 0 Å². The minimum atomic E-state index is 0. The molecule has 0 aliphatic rings. The van der Waals surface area contributed by atoms with E-state index < -0.39 is 0 Å². The standard InChI is InChI=1S/C8H15O.Y/c1-3-4-5-8(2)6-7-9;/h4,8-9H,5-7H2,1-2H3;/q-1;/t8-;/m0./s1. The molecule has 0 aliphatic heterocycles. The van der Waals surface area contributed by atoms with Crippen LogP contribution in [0.3, 0.4) is 0 Å². The van der Waals surface area contributed by atoms with Gasteiger partial charge in [0, 0.05) is 39.3 Å². The van der Waals surface area contributed by atoms with Crippen LogP contribution in [0.4, 0.5) is 0 Å². The fourth-order valence-electron chi connectivity index (χ4n) is 0.657. The number of allylic oxidation sites excluding steroid dienone is 2. The van der Waals surface area contributed by atoms with E-state index in [1.165, 1.54) is 0 Å². The summed E-state index contributed by atoms with van der Waals surface area (Å²) in [4.78, 5) is 0. The molecule has 0 aromatic carbocycles. The average molecular weight is 216 g/mol.